The van der Waals surface area contributed by atoms with Gasteiger partial charge in [-0.05, 0) is 37.3 Å². The Morgan fingerprint density at radius 3 is 2.50 bits per heavy atom. The van der Waals surface area contributed by atoms with E-state index in [2.05, 4.69) is 0 Å². The van der Waals surface area contributed by atoms with Gasteiger partial charge in [-0.3, -0.25) is 4.18 Å². The molecule has 0 fully saturated rings. The maximum Gasteiger partial charge on any atom is 0.297 e. The Bertz CT molecular complexity index is 454. The van der Waals surface area contributed by atoms with E-state index in [9.17, 15) is 13.5 Å². The largest absolute Gasteiger partial charge is 0.297 e. The minimum Gasteiger partial charge on any atom is -0.266 e. The van der Waals surface area contributed by atoms with E-state index in [1.165, 1.54) is 0 Å². The Hall–Kier alpha value is -0.910. The monoisotopic (exact) mass is 271 g/mol. The van der Waals surface area contributed by atoms with E-state index < -0.39 is 10.1 Å². The summed E-state index contributed by atoms with van der Waals surface area (Å²) in [6.07, 6.45) is 2.51. The first-order valence-electron chi connectivity index (χ1n) is 6.17. The Labute approximate surface area is 109 Å². The zero-order chi connectivity index (χ0) is 13.4. The van der Waals surface area contributed by atoms with Crippen molar-refractivity contribution in [3.63, 3.8) is 0 Å². The van der Waals surface area contributed by atoms with Crippen molar-refractivity contribution in [2.45, 2.75) is 37.5 Å². The third-order valence-corrected chi connectivity index (χ3v) is 4.06. The smallest absolute Gasteiger partial charge is 0.266 e. The van der Waals surface area contributed by atoms with Gasteiger partial charge in [-0.15, -0.1) is 0 Å². The van der Waals surface area contributed by atoms with Crippen LogP contribution in [0.1, 0.15) is 31.7 Å². The summed E-state index contributed by atoms with van der Waals surface area (Å²) < 4.78 is 28.9. The van der Waals surface area contributed by atoms with Crippen LogP contribution in [0.5, 0.6) is 0 Å². The summed E-state index contributed by atoms with van der Waals surface area (Å²) in [4.78, 5) is 0.247. The summed E-state index contributed by atoms with van der Waals surface area (Å²) in [6, 6.07) is 6.85. The van der Waals surface area contributed by atoms with Gasteiger partial charge < -0.3 is 0 Å². The molecule has 0 aromatic heterocycles. The lowest BCUT2D eigenvalue weighted by molar-refractivity contribution is 0.183. The van der Waals surface area contributed by atoms with Crippen LogP contribution in [0.4, 0.5) is 0 Å². The fraction of sp³-hybridized carbons (Fsp3) is 0.538. The first-order chi connectivity index (χ1) is 8.61. The van der Waals surface area contributed by atoms with E-state index >= 15 is 0 Å². The lowest BCUT2D eigenvalue weighted by atomic mass is 10.2. The van der Waals surface area contributed by atoms with Crippen molar-refractivity contribution in [3.8, 4) is 0 Å². The van der Waals surface area contributed by atoms with Crippen molar-refractivity contribution < 1.29 is 17.7 Å². The van der Waals surface area contributed by atoms with E-state index in [4.69, 9.17) is 4.18 Å². The van der Waals surface area contributed by atoms with Crippen LogP contribution in [0.3, 0.4) is 0 Å². The number of hydrogen-bond acceptors (Lipinski definition) is 3. The maximum absolute atomic E-state index is 12.0. The number of benzene rings is 1. The zero-order valence-corrected chi connectivity index (χ0v) is 11.4. The molecule has 0 aliphatic carbocycles. The molecular formula is C13H19O4S. The molecule has 1 radical (unpaired) electrons. The minimum atomic E-state index is -3.67. The Kier molecular flexibility index (Phi) is 6.32. The average molecular weight is 271 g/mol. The van der Waals surface area contributed by atoms with Gasteiger partial charge >= 0.3 is 0 Å². The molecule has 0 atom stereocenters. The molecule has 0 unspecified atom stereocenters. The van der Waals surface area contributed by atoms with E-state index in [1.54, 1.807) is 18.2 Å². The highest BCUT2D eigenvalue weighted by atomic mass is 32.2. The number of rotatable bonds is 8. The van der Waals surface area contributed by atoms with Crippen LogP contribution in [0, 0.1) is 0 Å². The Morgan fingerprint density at radius 2 is 1.83 bits per heavy atom. The first kappa shape index (κ1) is 15.1. The van der Waals surface area contributed by atoms with Gasteiger partial charge in [0.1, 0.15) is 0 Å². The molecule has 0 amide bonds. The van der Waals surface area contributed by atoms with Crippen LogP contribution in [0.2, 0.25) is 0 Å². The molecule has 18 heavy (non-hydrogen) atoms. The molecule has 0 aliphatic rings. The van der Waals surface area contributed by atoms with Crippen LogP contribution in [-0.4, -0.2) is 21.6 Å². The molecule has 0 saturated heterocycles. The van der Waals surface area contributed by atoms with Crippen LogP contribution in [0.25, 0.3) is 0 Å². The van der Waals surface area contributed by atoms with Crippen molar-refractivity contribution in [1.29, 1.82) is 0 Å². The molecule has 0 bridgehead atoms. The number of unbranched alkanes of at least 4 members (excludes halogenated alkanes) is 2. The van der Waals surface area contributed by atoms with Gasteiger partial charge in [0.05, 0.1) is 18.1 Å². The molecule has 0 heterocycles. The molecule has 0 N–H and O–H groups in total. The van der Waals surface area contributed by atoms with Gasteiger partial charge in [0.2, 0.25) is 0 Å². The fourth-order valence-corrected chi connectivity index (χ4v) is 2.90. The molecule has 4 nitrogen and oxygen atoms in total. The van der Waals surface area contributed by atoms with Gasteiger partial charge in [-0.25, -0.2) is 5.11 Å². The van der Waals surface area contributed by atoms with E-state index in [1.807, 2.05) is 13.0 Å². The Balaban J connectivity index is 2.63. The number of aryl methyl sites for hydroxylation is 1. The van der Waals surface area contributed by atoms with Crippen molar-refractivity contribution in [3.05, 3.63) is 29.8 Å². The summed E-state index contributed by atoms with van der Waals surface area (Å²) in [6.45, 7) is 1.93. The maximum atomic E-state index is 12.0. The van der Waals surface area contributed by atoms with Crippen molar-refractivity contribution >= 4 is 10.1 Å². The van der Waals surface area contributed by atoms with Crippen molar-refractivity contribution in [2.24, 2.45) is 0 Å². The molecule has 1 rings (SSSR count). The van der Waals surface area contributed by atoms with Gasteiger partial charge in [0, 0.05) is 0 Å². The van der Waals surface area contributed by atoms with Gasteiger partial charge in [-0.1, -0.05) is 25.1 Å². The lowest BCUT2D eigenvalue weighted by Gasteiger charge is -2.09. The van der Waals surface area contributed by atoms with Crippen molar-refractivity contribution in [2.75, 3.05) is 13.2 Å². The molecule has 5 heteroatoms. The molecular weight excluding hydrogens is 252 g/mol. The summed E-state index contributed by atoms with van der Waals surface area (Å²) in [5.74, 6) is 0. The predicted molar refractivity (Wildman–Crippen MR) is 68.4 cm³/mol. The third-order valence-electron chi connectivity index (χ3n) is 2.65. The zero-order valence-electron chi connectivity index (χ0n) is 10.6. The second kappa shape index (κ2) is 7.51. The second-order valence-electron chi connectivity index (χ2n) is 4.00. The fourth-order valence-electron chi connectivity index (χ4n) is 1.65. The predicted octanol–water partition coefficient (Wildman–Crippen LogP) is 2.56. The van der Waals surface area contributed by atoms with Crippen molar-refractivity contribution in [1.82, 2.24) is 0 Å². The van der Waals surface area contributed by atoms with Crippen LogP contribution in [0.15, 0.2) is 29.2 Å². The van der Waals surface area contributed by atoms with Gasteiger partial charge in [0.15, 0.2) is 0 Å². The number of hydrogen-bond donors (Lipinski definition) is 0. The molecule has 1 aromatic rings. The highest BCUT2D eigenvalue weighted by Gasteiger charge is 2.17. The topological polar surface area (TPSA) is 63.3 Å². The molecule has 0 saturated carbocycles. The van der Waals surface area contributed by atoms with Crippen LogP contribution in [-0.2, 0) is 25.8 Å². The lowest BCUT2D eigenvalue weighted by Crippen LogP contribution is -2.10. The van der Waals surface area contributed by atoms with E-state index in [-0.39, 0.29) is 18.1 Å². The van der Waals surface area contributed by atoms with Crippen LogP contribution < -0.4 is 0 Å². The van der Waals surface area contributed by atoms with Crippen LogP contribution >= 0.6 is 0 Å². The molecule has 0 aliphatic heterocycles. The summed E-state index contributed by atoms with van der Waals surface area (Å²) >= 11 is 0. The third kappa shape index (κ3) is 4.40. The highest BCUT2D eigenvalue weighted by Crippen LogP contribution is 2.18. The normalized spacial score (nSPS) is 11.7. The quantitative estimate of drug-likeness (QED) is 0.539. The SMILES string of the molecule is CCc1ccccc1S(=O)(=O)OCCCCC[O]. The van der Waals surface area contributed by atoms with Gasteiger partial charge in [-0.2, -0.15) is 8.42 Å². The molecule has 1 aromatic carbocycles. The minimum absolute atomic E-state index is 0.120. The Morgan fingerprint density at radius 1 is 1.11 bits per heavy atom. The average Bonchev–Trinajstić information content (AvgIpc) is 2.38. The molecule has 0 spiro atoms. The molecule has 101 valence electrons. The van der Waals surface area contributed by atoms with E-state index in [0.717, 1.165) is 5.56 Å². The van der Waals surface area contributed by atoms with Gasteiger partial charge in [0.25, 0.3) is 10.1 Å². The summed E-state index contributed by atoms with van der Waals surface area (Å²) in [5.41, 5.74) is 0.761. The first-order valence-corrected chi connectivity index (χ1v) is 7.58. The summed E-state index contributed by atoms with van der Waals surface area (Å²) in [5, 5.41) is 10.2. The highest BCUT2D eigenvalue weighted by molar-refractivity contribution is 7.86. The second-order valence-corrected chi connectivity index (χ2v) is 5.59. The standard InChI is InChI=1S/C13H19O4S/c1-2-12-8-4-5-9-13(12)18(15,16)17-11-7-3-6-10-14/h4-5,8-9H,2-3,6-7,10-11H2,1H3. The summed E-state index contributed by atoms with van der Waals surface area (Å²) in [7, 11) is -3.67. The van der Waals surface area contributed by atoms with E-state index in [0.29, 0.717) is 25.7 Å².